The average Bonchev–Trinajstić information content (AvgIpc) is 3.35. The number of hydrogen-bond donors (Lipinski definition) is 0. The van der Waals surface area contributed by atoms with Crippen LogP contribution >= 0.6 is 0 Å². The molecule has 0 saturated carbocycles. The first-order valence-electron chi connectivity index (χ1n) is 27.7. The van der Waals surface area contributed by atoms with E-state index in [-0.39, 0.29) is 44.0 Å². The number of esters is 3. The van der Waals surface area contributed by atoms with Crippen molar-refractivity contribution in [3.05, 3.63) is 134 Å². The number of allylic oxidation sites excluding steroid dienone is 22. The van der Waals surface area contributed by atoms with E-state index in [2.05, 4.69) is 142 Å². The summed E-state index contributed by atoms with van der Waals surface area (Å²) < 4.78 is 16.7. The van der Waals surface area contributed by atoms with Gasteiger partial charge in [-0.05, 0) is 122 Å². The van der Waals surface area contributed by atoms with Crippen molar-refractivity contribution in [1.82, 2.24) is 0 Å². The molecule has 0 bridgehead atoms. The molecule has 0 aromatic heterocycles. The number of ether oxygens (including phenoxy) is 3. The van der Waals surface area contributed by atoms with Gasteiger partial charge in [-0.25, -0.2) is 0 Å². The number of carbonyl (C=O) groups is 3. The summed E-state index contributed by atoms with van der Waals surface area (Å²) in [5.74, 6) is -1.06. The highest BCUT2D eigenvalue weighted by molar-refractivity contribution is 5.71. The highest BCUT2D eigenvalue weighted by atomic mass is 16.6. The van der Waals surface area contributed by atoms with Gasteiger partial charge in [0.05, 0.1) is 0 Å². The molecule has 0 radical (unpaired) electrons. The number of carbonyl (C=O) groups excluding carboxylic acids is 3. The first-order valence-corrected chi connectivity index (χ1v) is 27.7. The predicted octanol–water partition coefficient (Wildman–Crippen LogP) is 18.6. The van der Waals surface area contributed by atoms with E-state index in [0.29, 0.717) is 19.3 Å². The van der Waals surface area contributed by atoms with Crippen molar-refractivity contribution in [2.45, 2.75) is 232 Å². The minimum Gasteiger partial charge on any atom is -0.462 e. The van der Waals surface area contributed by atoms with Crippen LogP contribution in [0.1, 0.15) is 226 Å². The maximum atomic E-state index is 12.8. The van der Waals surface area contributed by atoms with Crippen LogP contribution in [-0.2, 0) is 28.6 Å². The molecule has 1 unspecified atom stereocenters. The molecular formula is C63H100O6. The SMILES string of the molecule is CC/C=C\C/C=C\C/C=C\C/C=C\C/C=C\C/C=C\CCC(=O)OCC(COC(=O)CCCC/C=C\C/C=C\C/C=C\C/C=C\CC)OC(=O)CCCCCCCCC/C=C\CCCCCCCC. The molecule has 0 spiro atoms. The summed E-state index contributed by atoms with van der Waals surface area (Å²) in [7, 11) is 0. The molecule has 0 aromatic carbocycles. The van der Waals surface area contributed by atoms with Gasteiger partial charge in [0.25, 0.3) is 0 Å². The van der Waals surface area contributed by atoms with E-state index in [9.17, 15) is 14.4 Å². The average molecular weight is 953 g/mol. The van der Waals surface area contributed by atoms with E-state index in [1.807, 2.05) is 12.2 Å². The lowest BCUT2D eigenvalue weighted by Gasteiger charge is -2.18. The zero-order chi connectivity index (χ0) is 50.0. The maximum absolute atomic E-state index is 12.8. The first kappa shape index (κ1) is 64.5. The quantitative estimate of drug-likeness (QED) is 0.0262. The van der Waals surface area contributed by atoms with E-state index in [4.69, 9.17) is 14.2 Å². The summed E-state index contributed by atoms with van der Waals surface area (Å²) in [5, 5.41) is 0. The summed E-state index contributed by atoms with van der Waals surface area (Å²) in [6.07, 6.45) is 78.8. The normalized spacial score (nSPS) is 13.1. The van der Waals surface area contributed by atoms with Crippen molar-refractivity contribution < 1.29 is 28.6 Å². The van der Waals surface area contributed by atoms with Crippen LogP contribution in [0.25, 0.3) is 0 Å². The van der Waals surface area contributed by atoms with Crippen molar-refractivity contribution in [2.75, 3.05) is 13.2 Å². The first-order chi connectivity index (χ1) is 34.0. The van der Waals surface area contributed by atoms with Crippen LogP contribution in [0.5, 0.6) is 0 Å². The highest BCUT2D eigenvalue weighted by Crippen LogP contribution is 2.13. The molecule has 0 aliphatic rings. The Bertz CT molecular complexity index is 1510. The molecule has 0 aliphatic carbocycles. The summed E-state index contributed by atoms with van der Waals surface area (Å²) in [6.45, 7) is 6.29. The van der Waals surface area contributed by atoms with Crippen LogP contribution in [0.2, 0.25) is 0 Å². The van der Waals surface area contributed by atoms with Crippen molar-refractivity contribution >= 4 is 17.9 Å². The monoisotopic (exact) mass is 953 g/mol. The van der Waals surface area contributed by atoms with Crippen LogP contribution in [0.3, 0.4) is 0 Å². The Labute approximate surface area is 424 Å². The summed E-state index contributed by atoms with van der Waals surface area (Å²) >= 11 is 0. The van der Waals surface area contributed by atoms with Gasteiger partial charge in [0.15, 0.2) is 6.10 Å². The van der Waals surface area contributed by atoms with E-state index >= 15 is 0 Å². The second-order valence-electron chi connectivity index (χ2n) is 17.7. The molecule has 0 heterocycles. The fraction of sp³-hybridized carbons (Fsp3) is 0.603. The minimum atomic E-state index is -0.833. The summed E-state index contributed by atoms with van der Waals surface area (Å²) in [6, 6.07) is 0. The zero-order valence-corrected chi connectivity index (χ0v) is 44.3. The molecule has 69 heavy (non-hydrogen) atoms. The Morgan fingerprint density at radius 1 is 0.304 bits per heavy atom. The van der Waals surface area contributed by atoms with Crippen LogP contribution in [-0.4, -0.2) is 37.2 Å². The molecule has 0 N–H and O–H groups in total. The van der Waals surface area contributed by atoms with E-state index in [1.54, 1.807) is 0 Å². The lowest BCUT2D eigenvalue weighted by molar-refractivity contribution is -0.166. The summed E-state index contributed by atoms with van der Waals surface area (Å²) in [5.41, 5.74) is 0. The minimum absolute atomic E-state index is 0.129. The number of unbranched alkanes of at least 4 members (excludes halogenated alkanes) is 15. The Morgan fingerprint density at radius 2 is 0.594 bits per heavy atom. The predicted molar refractivity (Wildman–Crippen MR) is 297 cm³/mol. The Balaban J connectivity index is 4.58. The van der Waals surface area contributed by atoms with Crippen molar-refractivity contribution in [3.63, 3.8) is 0 Å². The van der Waals surface area contributed by atoms with Gasteiger partial charge in [-0.3, -0.25) is 14.4 Å². The van der Waals surface area contributed by atoms with Gasteiger partial charge >= 0.3 is 17.9 Å². The molecule has 0 aliphatic heterocycles. The second-order valence-corrected chi connectivity index (χ2v) is 17.7. The largest absolute Gasteiger partial charge is 0.462 e. The molecule has 6 nitrogen and oxygen atoms in total. The van der Waals surface area contributed by atoms with Crippen LogP contribution in [0.4, 0.5) is 0 Å². The van der Waals surface area contributed by atoms with E-state index in [1.165, 1.54) is 77.0 Å². The molecule has 388 valence electrons. The third kappa shape index (κ3) is 54.4. The van der Waals surface area contributed by atoms with Gasteiger partial charge in [-0.1, -0.05) is 219 Å². The van der Waals surface area contributed by atoms with Gasteiger partial charge in [0, 0.05) is 19.3 Å². The van der Waals surface area contributed by atoms with Crippen molar-refractivity contribution in [3.8, 4) is 0 Å². The smallest absolute Gasteiger partial charge is 0.306 e. The van der Waals surface area contributed by atoms with E-state index in [0.717, 1.165) is 96.3 Å². The summed E-state index contributed by atoms with van der Waals surface area (Å²) in [4.78, 5) is 38.1. The van der Waals surface area contributed by atoms with Gasteiger partial charge in [0.1, 0.15) is 13.2 Å². The molecule has 0 rings (SSSR count). The standard InChI is InChI=1S/C63H100O6/c1-4-7-10-13-16-19-22-25-28-30-31-33-35-38-41-44-47-50-53-56-62(65)68-59-60(58-67-61(64)55-52-49-46-43-40-37-34-27-24-21-18-15-12-9-6-3)69-63(66)57-54-51-48-45-42-39-36-32-29-26-23-20-17-14-11-8-5-2/h7,9-10,12,16,18-19,21,25-29,31,33-34,38,40-41,43,47,50,60H,4-6,8,11,13-15,17,20,22-24,30,32,35-37,39,42,44-46,48-49,51-59H2,1-3H3/b10-7-,12-9-,19-16-,21-18-,28-25-,29-26-,33-31-,34-27-,41-38-,43-40-,50-47-. The third-order valence-electron chi connectivity index (χ3n) is 11.1. The number of rotatable bonds is 48. The fourth-order valence-corrected chi connectivity index (χ4v) is 7.04. The lowest BCUT2D eigenvalue weighted by atomic mass is 10.1. The van der Waals surface area contributed by atoms with Gasteiger partial charge in [-0.15, -0.1) is 0 Å². The lowest BCUT2D eigenvalue weighted by Crippen LogP contribution is -2.30. The van der Waals surface area contributed by atoms with Crippen LogP contribution in [0, 0.1) is 0 Å². The van der Waals surface area contributed by atoms with Gasteiger partial charge in [-0.2, -0.15) is 0 Å². The Kier molecular flexibility index (Phi) is 52.5. The van der Waals surface area contributed by atoms with Crippen LogP contribution < -0.4 is 0 Å². The molecule has 0 saturated heterocycles. The molecule has 0 aromatic rings. The van der Waals surface area contributed by atoms with Crippen LogP contribution in [0.15, 0.2) is 134 Å². The fourth-order valence-electron chi connectivity index (χ4n) is 7.04. The third-order valence-corrected chi connectivity index (χ3v) is 11.1. The molecule has 6 heteroatoms. The molecule has 0 amide bonds. The molecule has 0 fully saturated rings. The maximum Gasteiger partial charge on any atom is 0.306 e. The molecule has 1 atom stereocenters. The van der Waals surface area contributed by atoms with Crippen molar-refractivity contribution in [1.29, 1.82) is 0 Å². The van der Waals surface area contributed by atoms with E-state index < -0.39 is 6.10 Å². The molecular weight excluding hydrogens is 853 g/mol. The highest BCUT2D eigenvalue weighted by Gasteiger charge is 2.19. The Hall–Kier alpha value is -4.45. The second kappa shape index (κ2) is 56.1. The van der Waals surface area contributed by atoms with Crippen molar-refractivity contribution in [2.24, 2.45) is 0 Å². The Morgan fingerprint density at radius 3 is 1.01 bits per heavy atom. The van der Waals surface area contributed by atoms with Gasteiger partial charge < -0.3 is 14.2 Å². The topological polar surface area (TPSA) is 78.9 Å². The number of hydrogen-bond acceptors (Lipinski definition) is 6. The zero-order valence-electron chi connectivity index (χ0n) is 44.3. The van der Waals surface area contributed by atoms with Gasteiger partial charge in [0.2, 0.25) is 0 Å².